The number of rotatable bonds is 7. The van der Waals surface area contributed by atoms with Crippen molar-refractivity contribution in [3.05, 3.63) is 84.7 Å². The van der Waals surface area contributed by atoms with Crippen molar-refractivity contribution in [3.8, 4) is 0 Å². The number of carbonyl (C=O) groups excluding carboxylic acids is 1. The number of nitrogens with zero attached hydrogens (tertiary/aromatic N) is 1. The monoisotopic (exact) mass is 413 g/mol. The lowest BCUT2D eigenvalue weighted by molar-refractivity contribution is -0.114. The van der Waals surface area contributed by atoms with E-state index in [2.05, 4.69) is 10.6 Å². The van der Waals surface area contributed by atoms with Crippen molar-refractivity contribution < 1.29 is 17.6 Å². The number of carbonyl (C=O) groups is 1. The smallest absolute Gasteiger partial charge is 0.264 e. The summed E-state index contributed by atoms with van der Waals surface area (Å²) in [5.41, 5.74) is 1.36. The highest BCUT2D eigenvalue weighted by Crippen LogP contribution is 2.23. The van der Waals surface area contributed by atoms with E-state index in [1.54, 1.807) is 42.5 Å². The lowest BCUT2D eigenvalue weighted by atomic mass is 10.3. The third kappa shape index (κ3) is 5.11. The van der Waals surface area contributed by atoms with Crippen molar-refractivity contribution in [1.29, 1.82) is 0 Å². The summed E-state index contributed by atoms with van der Waals surface area (Å²) in [7, 11) is -2.27. The summed E-state index contributed by atoms with van der Waals surface area (Å²) in [5.74, 6) is -0.832. The molecule has 1 amide bonds. The Morgan fingerprint density at radius 1 is 0.931 bits per heavy atom. The Bertz CT molecular complexity index is 1100. The minimum Gasteiger partial charge on any atom is -0.376 e. The van der Waals surface area contributed by atoms with E-state index in [1.165, 1.54) is 41.7 Å². The Balaban J connectivity index is 1.68. The predicted molar refractivity (Wildman–Crippen MR) is 112 cm³/mol. The fourth-order valence-electron chi connectivity index (χ4n) is 2.66. The van der Waals surface area contributed by atoms with Crippen molar-refractivity contribution in [1.82, 2.24) is 0 Å². The van der Waals surface area contributed by atoms with Crippen molar-refractivity contribution in [2.45, 2.75) is 4.90 Å². The van der Waals surface area contributed by atoms with Gasteiger partial charge in [0.15, 0.2) is 0 Å². The number of para-hydroxylation sites is 1. The Labute approximate surface area is 169 Å². The first-order valence-corrected chi connectivity index (χ1v) is 10.2. The summed E-state index contributed by atoms with van der Waals surface area (Å²) in [6, 6.07) is 20.5. The van der Waals surface area contributed by atoms with Gasteiger partial charge >= 0.3 is 0 Å². The van der Waals surface area contributed by atoms with Crippen molar-refractivity contribution in [3.63, 3.8) is 0 Å². The molecule has 0 atom stereocenters. The number of anilines is 3. The second-order valence-corrected chi connectivity index (χ2v) is 8.22. The van der Waals surface area contributed by atoms with Gasteiger partial charge in [-0.3, -0.25) is 9.10 Å². The molecule has 0 aromatic heterocycles. The lowest BCUT2D eigenvalue weighted by Crippen LogP contribution is -2.26. The first-order valence-electron chi connectivity index (χ1n) is 8.79. The Hall–Kier alpha value is -3.39. The highest BCUT2D eigenvalue weighted by Gasteiger charge is 2.21. The van der Waals surface area contributed by atoms with Crippen LogP contribution in [-0.4, -0.2) is 27.9 Å². The topological polar surface area (TPSA) is 78.5 Å². The van der Waals surface area contributed by atoms with Gasteiger partial charge in [-0.2, -0.15) is 0 Å². The molecule has 0 radical (unpaired) electrons. The van der Waals surface area contributed by atoms with Crippen LogP contribution in [0, 0.1) is 5.82 Å². The average Bonchev–Trinajstić information content (AvgIpc) is 2.72. The quantitative estimate of drug-likeness (QED) is 0.619. The molecule has 0 aliphatic carbocycles. The van der Waals surface area contributed by atoms with Gasteiger partial charge in [0.2, 0.25) is 5.91 Å². The molecule has 0 heterocycles. The van der Waals surface area contributed by atoms with E-state index in [-0.39, 0.29) is 17.3 Å². The van der Waals surface area contributed by atoms with Gasteiger partial charge in [-0.05, 0) is 48.5 Å². The van der Waals surface area contributed by atoms with Crippen LogP contribution >= 0.6 is 0 Å². The van der Waals surface area contributed by atoms with Crippen LogP contribution in [0.3, 0.4) is 0 Å². The van der Waals surface area contributed by atoms with E-state index in [0.29, 0.717) is 17.1 Å². The second kappa shape index (κ2) is 8.74. The zero-order valence-electron chi connectivity index (χ0n) is 15.7. The molecule has 0 fully saturated rings. The molecule has 0 bridgehead atoms. The zero-order chi connectivity index (χ0) is 20.9. The number of benzene rings is 3. The molecule has 0 unspecified atom stereocenters. The van der Waals surface area contributed by atoms with E-state index in [4.69, 9.17) is 0 Å². The van der Waals surface area contributed by atoms with Gasteiger partial charge in [-0.1, -0.05) is 30.3 Å². The van der Waals surface area contributed by atoms with Crippen LogP contribution in [0.2, 0.25) is 0 Å². The molecule has 0 aliphatic rings. The number of sulfonamides is 1. The molecule has 0 saturated heterocycles. The minimum atomic E-state index is -3.76. The fourth-order valence-corrected chi connectivity index (χ4v) is 3.90. The molecule has 8 heteroatoms. The first-order chi connectivity index (χ1) is 13.9. The normalized spacial score (nSPS) is 11.0. The van der Waals surface area contributed by atoms with Crippen LogP contribution in [-0.2, 0) is 14.8 Å². The van der Waals surface area contributed by atoms with E-state index >= 15 is 0 Å². The highest BCUT2D eigenvalue weighted by molar-refractivity contribution is 7.92. The van der Waals surface area contributed by atoms with Crippen molar-refractivity contribution in [2.24, 2.45) is 0 Å². The largest absolute Gasteiger partial charge is 0.376 e. The molecule has 150 valence electrons. The number of hydrogen-bond acceptors (Lipinski definition) is 4. The van der Waals surface area contributed by atoms with Crippen LogP contribution in [0.4, 0.5) is 21.5 Å². The standard InChI is InChI=1S/C21H20FN3O3S/c1-25(19-10-3-2-4-11-19)29(27,28)20-12-6-8-17(14-20)23-15-21(26)24-18-9-5-7-16(22)13-18/h2-14,23H,15H2,1H3,(H,24,26). The predicted octanol–water partition coefficient (Wildman–Crippen LogP) is 3.70. The molecule has 29 heavy (non-hydrogen) atoms. The van der Waals surface area contributed by atoms with Gasteiger partial charge in [-0.15, -0.1) is 0 Å². The van der Waals surface area contributed by atoms with E-state index in [9.17, 15) is 17.6 Å². The van der Waals surface area contributed by atoms with Gasteiger partial charge in [0.1, 0.15) is 5.82 Å². The van der Waals surface area contributed by atoms with Crippen LogP contribution < -0.4 is 14.9 Å². The zero-order valence-corrected chi connectivity index (χ0v) is 16.5. The minimum absolute atomic E-state index is 0.0967. The highest BCUT2D eigenvalue weighted by atomic mass is 32.2. The lowest BCUT2D eigenvalue weighted by Gasteiger charge is -2.20. The fraction of sp³-hybridized carbons (Fsp3) is 0.0952. The summed E-state index contributed by atoms with van der Waals surface area (Å²) in [6.45, 7) is -0.103. The summed E-state index contributed by atoms with van der Waals surface area (Å²) >= 11 is 0. The van der Waals surface area contributed by atoms with Gasteiger partial charge in [0.25, 0.3) is 10.0 Å². The van der Waals surface area contributed by atoms with Gasteiger partial charge in [0.05, 0.1) is 17.1 Å². The maximum absolute atomic E-state index is 13.2. The van der Waals surface area contributed by atoms with Crippen LogP contribution in [0.5, 0.6) is 0 Å². The summed E-state index contributed by atoms with van der Waals surface area (Å²) in [4.78, 5) is 12.1. The third-order valence-corrected chi connectivity index (χ3v) is 5.96. The molecular formula is C21H20FN3O3S. The number of amides is 1. The summed E-state index contributed by atoms with van der Waals surface area (Å²) in [6.07, 6.45) is 0. The first kappa shape index (κ1) is 20.3. The summed E-state index contributed by atoms with van der Waals surface area (Å²) in [5, 5.41) is 5.45. The van der Waals surface area contributed by atoms with Crippen molar-refractivity contribution in [2.75, 3.05) is 28.5 Å². The Kier molecular flexibility index (Phi) is 6.13. The Morgan fingerprint density at radius 2 is 1.62 bits per heavy atom. The molecule has 3 rings (SSSR count). The maximum atomic E-state index is 13.2. The SMILES string of the molecule is CN(c1ccccc1)S(=O)(=O)c1cccc(NCC(=O)Nc2cccc(F)c2)c1. The van der Waals surface area contributed by atoms with E-state index < -0.39 is 15.8 Å². The van der Waals surface area contributed by atoms with Gasteiger partial charge in [0, 0.05) is 18.4 Å². The molecule has 0 saturated carbocycles. The number of halogens is 1. The maximum Gasteiger partial charge on any atom is 0.264 e. The van der Waals surface area contributed by atoms with Gasteiger partial charge in [-0.25, -0.2) is 12.8 Å². The number of hydrogen-bond donors (Lipinski definition) is 2. The van der Waals surface area contributed by atoms with Crippen LogP contribution in [0.15, 0.2) is 83.8 Å². The second-order valence-electron chi connectivity index (χ2n) is 6.25. The molecule has 3 aromatic rings. The Morgan fingerprint density at radius 3 is 2.34 bits per heavy atom. The molecule has 2 N–H and O–H groups in total. The number of nitrogens with one attached hydrogen (secondary N) is 2. The average molecular weight is 413 g/mol. The molecule has 3 aromatic carbocycles. The van der Waals surface area contributed by atoms with Gasteiger partial charge < -0.3 is 10.6 Å². The molecule has 6 nitrogen and oxygen atoms in total. The van der Waals surface area contributed by atoms with Crippen LogP contribution in [0.1, 0.15) is 0 Å². The summed E-state index contributed by atoms with van der Waals surface area (Å²) < 4.78 is 40.1. The van der Waals surface area contributed by atoms with Crippen molar-refractivity contribution >= 4 is 33.0 Å². The molecular weight excluding hydrogens is 393 g/mol. The van der Waals surface area contributed by atoms with E-state index in [0.717, 1.165) is 0 Å². The van der Waals surface area contributed by atoms with Crippen LogP contribution in [0.25, 0.3) is 0 Å². The third-order valence-electron chi connectivity index (χ3n) is 4.17. The molecule has 0 aliphatic heterocycles. The van der Waals surface area contributed by atoms with E-state index in [1.807, 2.05) is 6.07 Å². The molecule has 0 spiro atoms.